The number of aromatic nitrogens is 2. The van der Waals surface area contributed by atoms with Crippen molar-refractivity contribution in [1.82, 2.24) is 15.1 Å². The molecule has 0 radical (unpaired) electrons. The second-order valence-electron chi connectivity index (χ2n) is 4.92. The van der Waals surface area contributed by atoms with Gasteiger partial charge in [-0.15, -0.1) is 0 Å². The first-order chi connectivity index (χ1) is 9.63. The van der Waals surface area contributed by atoms with Gasteiger partial charge in [-0.25, -0.2) is 4.68 Å². The van der Waals surface area contributed by atoms with Gasteiger partial charge in [-0.2, -0.15) is 5.10 Å². The normalized spacial score (nSPS) is 10.6. The Labute approximate surface area is 119 Å². The number of benzene rings is 1. The van der Waals surface area contributed by atoms with E-state index in [0.717, 1.165) is 35.6 Å². The molecule has 0 unspecified atom stereocenters. The summed E-state index contributed by atoms with van der Waals surface area (Å²) < 4.78 is 1.90. The Kier molecular flexibility index (Phi) is 4.56. The molecular formula is C16H21N3O. The van der Waals surface area contributed by atoms with Crippen molar-refractivity contribution in [3.8, 4) is 5.69 Å². The Bertz CT molecular complexity index is 587. The maximum Gasteiger partial charge on any atom is 0.224 e. The fourth-order valence-electron chi connectivity index (χ4n) is 2.24. The monoisotopic (exact) mass is 271 g/mol. The summed E-state index contributed by atoms with van der Waals surface area (Å²) in [6.45, 7) is 6.73. The van der Waals surface area contributed by atoms with Gasteiger partial charge in [0.05, 0.1) is 17.8 Å². The predicted octanol–water partition coefficient (Wildman–Crippen LogP) is 2.56. The van der Waals surface area contributed by atoms with Crippen LogP contribution in [0.1, 0.15) is 30.3 Å². The molecule has 0 saturated carbocycles. The molecule has 1 aromatic carbocycles. The van der Waals surface area contributed by atoms with Crippen molar-refractivity contribution >= 4 is 5.91 Å². The molecule has 0 spiro atoms. The largest absolute Gasteiger partial charge is 0.356 e. The van der Waals surface area contributed by atoms with Gasteiger partial charge in [0, 0.05) is 17.8 Å². The van der Waals surface area contributed by atoms with Crippen LogP contribution in [0, 0.1) is 13.8 Å². The van der Waals surface area contributed by atoms with Crippen LogP contribution >= 0.6 is 0 Å². The third-order valence-electron chi connectivity index (χ3n) is 3.35. The average Bonchev–Trinajstić information content (AvgIpc) is 2.74. The molecule has 0 fully saturated rings. The van der Waals surface area contributed by atoms with Crippen LogP contribution in [-0.2, 0) is 11.2 Å². The molecule has 2 aromatic rings. The Hall–Kier alpha value is -2.10. The Balaban J connectivity index is 2.23. The van der Waals surface area contributed by atoms with E-state index >= 15 is 0 Å². The maximum atomic E-state index is 11.9. The average molecular weight is 271 g/mol. The van der Waals surface area contributed by atoms with Gasteiger partial charge in [-0.05, 0) is 32.4 Å². The minimum atomic E-state index is 0.0608. The van der Waals surface area contributed by atoms with Crippen molar-refractivity contribution in [2.24, 2.45) is 0 Å². The molecule has 20 heavy (non-hydrogen) atoms. The second kappa shape index (κ2) is 6.37. The molecule has 0 bridgehead atoms. The second-order valence-corrected chi connectivity index (χ2v) is 4.92. The number of nitrogens with zero attached hydrogens (tertiary/aromatic N) is 2. The number of nitrogens with one attached hydrogen (secondary N) is 1. The van der Waals surface area contributed by atoms with Crippen LogP contribution in [0.3, 0.4) is 0 Å². The highest BCUT2D eigenvalue weighted by Gasteiger charge is 2.15. The van der Waals surface area contributed by atoms with Gasteiger partial charge in [0.2, 0.25) is 5.91 Å². The summed E-state index contributed by atoms with van der Waals surface area (Å²) in [5.74, 6) is 0.0608. The first-order valence-corrected chi connectivity index (χ1v) is 7.00. The zero-order valence-electron chi connectivity index (χ0n) is 12.3. The van der Waals surface area contributed by atoms with Gasteiger partial charge in [-0.1, -0.05) is 25.1 Å². The third kappa shape index (κ3) is 3.07. The molecule has 2 rings (SSSR count). The molecular weight excluding hydrogens is 250 g/mol. The highest BCUT2D eigenvalue weighted by atomic mass is 16.1. The first-order valence-electron chi connectivity index (χ1n) is 7.00. The molecule has 0 aliphatic rings. The van der Waals surface area contributed by atoms with Crippen LogP contribution in [0.25, 0.3) is 5.69 Å². The number of para-hydroxylation sites is 1. The van der Waals surface area contributed by atoms with Crippen molar-refractivity contribution in [2.45, 2.75) is 33.6 Å². The summed E-state index contributed by atoms with van der Waals surface area (Å²) in [6.07, 6.45) is 1.34. The van der Waals surface area contributed by atoms with E-state index in [1.165, 1.54) is 0 Å². The van der Waals surface area contributed by atoms with Crippen molar-refractivity contribution in [3.63, 3.8) is 0 Å². The molecule has 1 aromatic heterocycles. The summed E-state index contributed by atoms with van der Waals surface area (Å²) in [5.41, 5.74) is 3.98. The van der Waals surface area contributed by atoms with E-state index < -0.39 is 0 Å². The quantitative estimate of drug-likeness (QED) is 0.908. The van der Waals surface area contributed by atoms with Crippen LogP contribution in [0.15, 0.2) is 30.3 Å². The summed E-state index contributed by atoms with van der Waals surface area (Å²) in [7, 11) is 0. The molecule has 1 amide bonds. The van der Waals surface area contributed by atoms with Crippen LogP contribution in [-0.4, -0.2) is 22.2 Å². The van der Waals surface area contributed by atoms with Gasteiger partial charge in [0.15, 0.2) is 0 Å². The summed E-state index contributed by atoms with van der Waals surface area (Å²) >= 11 is 0. The lowest BCUT2D eigenvalue weighted by atomic mass is 10.1. The van der Waals surface area contributed by atoms with E-state index in [-0.39, 0.29) is 5.91 Å². The maximum absolute atomic E-state index is 11.9. The zero-order valence-corrected chi connectivity index (χ0v) is 12.3. The topological polar surface area (TPSA) is 46.9 Å². The number of carbonyl (C=O) groups excluding carboxylic acids is 1. The van der Waals surface area contributed by atoms with Gasteiger partial charge in [-0.3, -0.25) is 4.79 Å². The van der Waals surface area contributed by atoms with E-state index in [2.05, 4.69) is 10.4 Å². The zero-order chi connectivity index (χ0) is 14.5. The van der Waals surface area contributed by atoms with Crippen molar-refractivity contribution in [2.75, 3.05) is 6.54 Å². The van der Waals surface area contributed by atoms with E-state index in [1.54, 1.807) is 0 Å². The van der Waals surface area contributed by atoms with Crippen LogP contribution in [0.5, 0.6) is 0 Å². The predicted molar refractivity (Wildman–Crippen MR) is 80.0 cm³/mol. The molecule has 1 N–H and O–H groups in total. The highest BCUT2D eigenvalue weighted by molar-refractivity contribution is 5.79. The molecule has 4 heteroatoms. The number of hydrogen-bond donors (Lipinski definition) is 1. The van der Waals surface area contributed by atoms with Gasteiger partial charge in [0.1, 0.15) is 0 Å². The molecule has 0 aliphatic carbocycles. The SMILES string of the molecule is CCCNC(=O)Cc1c(C)nn(-c2ccccc2)c1C. The number of hydrogen-bond acceptors (Lipinski definition) is 2. The number of aryl methyl sites for hydroxylation is 1. The molecule has 1 heterocycles. The highest BCUT2D eigenvalue weighted by Crippen LogP contribution is 2.18. The molecule has 4 nitrogen and oxygen atoms in total. The fraction of sp³-hybridized carbons (Fsp3) is 0.375. The van der Waals surface area contributed by atoms with Crippen molar-refractivity contribution in [1.29, 1.82) is 0 Å². The van der Waals surface area contributed by atoms with Gasteiger partial charge in [0.25, 0.3) is 0 Å². The van der Waals surface area contributed by atoms with Crippen molar-refractivity contribution < 1.29 is 4.79 Å². The first kappa shape index (κ1) is 14.3. The minimum Gasteiger partial charge on any atom is -0.356 e. The lowest BCUT2D eigenvalue weighted by molar-refractivity contribution is -0.120. The third-order valence-corrected chi connectivity index (χ3v) is 3.35. The number of amides is 1. The number of rotatable bonds is 5. The molecule has 0 aliphatic heterocycles. The van der Waals surface area contributed by atoms with Gasteiger partial charge < -0.3 is 5.32 Å². The smallest absolute Gasteiger partial charge is 0.224 e. The minimum absolute atomic E-state index is 0.0608. The molecule has 106 valence electrons. The van der Waals surface area contributed by atoms with Crippen LogP contribution < -0.4 is 5.32 Å². The van der Waals surface area contributed by atoms with E-state index in [0.29, 0.717) is 6.42 Å². The fourth-order valence-corrected chi connectivity index (χ4v) is 2.24. The van der Waals surface area contributed by atoms with E-state index in [1.807, 2.05) is 55.8 Å². The van der Waals surface area contributed by atoms with E-state index in [9.17, 15) is 4.79 Å². The molecule has 0 atom stereocenters. The van der Waals surface area contributed by atoms with E-state index in [4.69, 9.17) is 0 Å². The molecule has 0 saturated heterocycles. The Morgan fingerprint density at radius 2 is 1.95 bits per heavy atom. The van der Waals surface area contributed by atoms with Gasteiger partial charge >= 0.3 is 0 Å². The lowest BCUT2D eigenvalue weighted by Crippen LogP contribution is -2.26. The lowest BCUT2D eigenvalue weighted by Gasteiger charge is -2.06. The Morgan fingerprint density at radius 3 is 2.60 bits per heavy atom. The Morgan fingerprint density at radius 1 is 1.25 bits per heavy atom. The van der Waals surface area contributed by atoms with Crippen molar-refractivity contribution in [3.05, 3.63) is 47.3 Å². The summed E-state index contributed by atoms with van der Waals surface area (Å²) in [5, 5.41) is 7.46. The van der Waals surface area contributed by atoms with Crippen LogP contribution in [0.2, 0.25) is 0 Å². The van der Waals surface area contributed by atoms with Crippen LogP contribution in [0.4, 0.5) is 0 Å². The summed E-state index contributed by atoms with van der Waals surface area (Å²) in [4.78, 5) is 11.9. The standard InChI is InChI=1S/C16H21N3O/c1-4-10-17-16(20)11-15-12(2)18-19(13(15)3)14-8-6-5-7-9-14/h5-9H,4,10-11H2,1-3H3,(H,17,20). The number of carbonyl (C=O) groups is 1. The summed E-state index contributed by atoms with van der Waals surface area (Å²) in [6, 6.07) is 9.98.